The molecule has 2 aromatic heterocycles. The number of alkyl halides is 3. The second-order valence-electron chi connectivity index (χ2n) is 4.23. The summed E-state index contributed by atoms with van der Waals surface area (Å²) in [6, 6.07) is 1.58. The van der Waals surface area contributed by atoms with Gasteiger partial charge in [-0.2, -0.15) is 23.5 Å². The van der Waals surface area contributed by atoms with Crippen LogP contribution in [0.2, 0.25) is 0 Å². The number of nitrogens with two attached hydrogens (primary N) is 1. The number of aromatic nitrogens is 4. The van der Waals surface area contributed by atoms with E-state index in [1.165, 1.54) is 18.7 Å². The highest BCUT2D eigenvalue weighted by molar-refractivity contribution is 7.99. The molecule has 6 nitrogen and oxygen atoms in total. The molecule has 0 atom stereocenters. The Kier molecular flexibility index (Phi) is 4.16. The molecule has 2 heterocycles. The molecule has 0 fully saturated rings. The minimum atomic E-state index is -4.63. The maximum Gasteiger partial charge on any atom is 0.432 e. The van der Waals surface area contributed by atoms with Gasteiger partial charge in [0.25, 0.3) is 0 Å². The van der Waals surface area contributed by atoms with E-state index in [1.54, 1.807) is 6.07 Å². The lowest BCUT2D eigenvalue weighted by atomic mass is 10.2. The first-order valence-corrected chi connectivity index (χ1v) is 6.68. The van der Waals surface area contributed by atoms with Crippen LogP contribution in [0, 0.1) is 5.41 Å². The SMILES string of the molecule is C/C(=C\C(=N)C(F)(F)F)CSc1cc(N)nc2n[nH]nc12. The molecule has 2 rings (SSSR count). The van der Waals surface area contributed by atoms with Gasteiger partial charge in [-0.3, -0.25) is 5.41 Å². The number of allylic oxidation sites excluding steroid dienone is 1. The van der Waals surface area contributed by atoms with E-state index in [4.69, 9.17) is 11.1 Å². The Morgan fingerprint density at radius 1 is 1.48 bits per heavy atom. The minimum absolute atomic E-state index is 0.253. The molecule has 0 radical (unpaired) electrons. The van der Waals surface area contributed by atoms with Crippen LogP contribution < -0.4 is 5.73 Å². The number of nitrogen functional groups attached to an aromatic ring is 1. The van der Waals surface area contributed by atoms with Crippen molar-refractivity contribution < 1.29 is 13.2 Å². The first-order valence-electron chi connectivity index (χ1n) is 5.70. The Hall–Kier alpha value is -2.10. The molecule has 0 spiro atoms. The predicted molar refractivity (Wildman–Crippen MR) is 74.4 cm³/mol. The van der Waals surface area contributed by atoms with Crippen molar-refractivity contribution >= 4 is 34.5 Å². The third kappa shape index (κ3) is 3.72. The van der Waals surface area contributed by atoms with Gasteiger partial charge in [0.1, 0.15) is 17.0 Å². The molecule has 0 aliphatic carbocycles. The van der Waals surface area contributed by atoms with Crippen LogP contribution >= 0.6 is 11.8 Å². The number of thioether (sulfide) groups is 1. The fourth-order valence-corrected chi connectivity index (χ4v) is 2.44. The van der Waals surface area contributed by atoms with E-state index >= 15 is 0 Å². The van der Waals surface area contributed by atoms with Crippen molar-refractivity contribution in [2.45, 2.75) is 18.0 Å². The van der Waals surface area contributed by atoms with Crippen molar-refractivity contribution in [1.82, 2.24) is 20.4 Å². The molecule has 0 bridgehead atoms. The molecule has 21 heavy (non-hydrogen) atoms. The van der Waals surface area contributed by atoms with Crippen LogP contribution in [0.15, 0.2) is 22.6 Å². The van der Waals surface area contributed by atoms with Crippen LogP contribution in [0.25, 0.3) is 11.2 Å². The molecule has 0 saturated heterocycles. The Balaban J connectivity index is 2.13. The summed E-state index contributed by atoms with van der Waals surface area (Å²) < 4.78 is 36.8. The number of hydrogen-bond donors (Lipinski definition) is 3. The van der Waals surface area contributed by atoms with Crippen LogP contribution in [-0.4, -0.2) is 38.0 Å². The lowest BCUT2D eigenvalue weighted by Crippen LogP contribution is -2.19. The van der Waals surface area contributed by atoms with E-state index < -0.39 is 11.9 Å². The van der Waals surface area contributed by atoms with Crippen LogP contribution in [0.4, 0.5) is 19.0 Å². The third-order valence-electron chi connectivity index (χ3n) is 2.43. The molecule has 0 aromatic carbocycles. The average molecular weight is 316 g/mol. The number of anilines is 1. The fourth-order valence-electron chi connectivity index (χ4n) is 1.50. The van der Waals surface area contributed by atoms with Gasteiger partial charge in [-0.1, -0.05) is 5.57 Å². The maximum absolute atomic E-state index is 12.3. The van der Waals surface area contributed by atoms with E-state index in [9.17, 15) is 13.2 Å². The topological polar surface area (TPSA) is 104 Å². The Labute approximate surface area is 121 Å². The van der Waals surface area contributed by atoms with Gasteiger partial charge in [0.05, 0.1) is 0 Å². The van der Waals surface area contributed by atoms with Crippen LogP contribution in [0.1, 0.15) is 6.92 Å². The van der Waals surface area contributed by atoms with Gasteiger partial charge in [-0.15, -0.1) is 16.9 Å². The van der Waals surface area contributed by atoms with E-state index in [1.807, 2.05) is 0 Å². The number of rotatable bonds is 4. The van der Waals surface area contributed by atoms with Gasteiger partial charge in [0.2, 0.25) is 5.65 Å². The van der Waals surface area contributed by atoms with E-state index in [2.05, 4.69) is 20.4 Å². The van der Waals surface area contributed by atoms with Gasteiger partial charge < -0.3 is 5.73 Å². The summed E-state index contributed by atoms with van der Waals surface area (Å²) >= 11 is 1.25. The van der Waals surface area contributed by atoms with Crippen molar-refractivity contribution in [2.24, 2.45) is 0 Å². The number of pyridine rings is 1. The highest BCUT2D eigenvalue weighted by atomic mass is 32.2. The Bertz CT molecular complexity index is 706. The van der Waals surface area contributed by atoms with Crippen molar-refractivity contribution in [3.63, 3.8) is 0 Å². The second kappa shape index (κ2) is 5.72. The van der Waals surface area contributed by atoms with Crippen LogP contribution in [-0.2, 0) is 0 Å². The summed E-state index contributed by atoms with van der Waals surface area (Å²) in [4.78, 5) is 4.63. The van der Waals surface area contributed by atoms with E-state index in [-0.39, 0.29) is 11.6 Å². The van der Waals surface area contributed by atoms with Crippen molar-refractivity contribution in [1.29, 1.82) is 5.41 Å². The maximum atomic E-state index is 12.3. The number of halogens is 3. The van der Waals surface area contributed by atoms with Gasteiger partial charge in [0.15, 0.2) is 0 Å². The normalized spacial score (nSPS) is 12.9. The molecule has 4 N–H and O–H groups in total. The van der Waals surface area contributed by atoms with Gasteiger partial charge >= 0.3 is 6.18 Å². The number of H-pyrrole nitrogens is 1. The molecule has 0 unspecified atom stereocenters. The standard InChI is InChI=1S/C11H11F3N6S/c1-5(2-7(15)11(12,13)14)4-21-6-3-8(16)17-10-9(6)18-20-19-10/h2-3,15H,4H2,1H3,(H3,16,17,18,19,20)/b5-2+,15-7?. The number of hydrogen-bond acceptors (Lipinski definition) is 6. The molecule has 112 valence electrons. The zero-order chi connectivity index (χ0) is 15.6. The first-order chi connectivity index (χ1) is 9.77. The number of nitrogens with one attached hydrogen (secondary N) is 2. The van der Waals surface area contributed by atoms with E-state index in [0.717, 1.165) is 6.08 Å². The van der Waals surface area contributed by atoms with Crippen LogP contribution in [0.5, 0.6) is 0 Å². The minimum Gasteiger partial charge on any atom is -0.384 e. The van der Waals surface area contributed by atoms with Gasteiger partial charge in [-0.05, 0) is 19.1 Å². The number of fused-ring (bicyclic) bond motifs is 1. The third-order valence-corrected chi connectivity index (χ3v) is 3.65. The van der Waals surface area contributed by atoms with Crippen LogP contribution in [0.3, 0.4) is 0 Å². The van der Waals surface area contributed by atoms with Crippen molar-refractivity contribution in [3.05, 3.63) is 17.7 Å². The molecule has 0 saturated carbocycles. The molecule has 0 aliphatic heterocycles. The molecule has 0 amide bonds. The smallest absolute Gasteiger partial charge is 0.384 e. The summed E-state index contributed by atoms with van der Waals surface area (Å²) in [5.74, 6) is 0.521. The molecule has 2 aromatic rings. The average Bonchev–Trinajstić information content (AvgIpc) is 2.82. The monoisotopic (exact) mass is 316 g/mol. The lowest BCUT2D eigenvalue weighted by molar-refractivity contribution is -0.0584. The molecule has 0 aliphatic rings. The predicted octanol–water partition coefficient (Wildman–Crippen LogP) is 2.56. The van der Waals surface area contributed by atoms with E-state index in [0.29, 0.717) is 21.6 Å². The summed E-state index contributed by atoms with van der Waals surface area (Å²) in [5, 5.41) is 17.1. The number of nitrogens with zero attached hydrogens (tertiary/aromatic N) is 3. The summed E-state index contributed by atoms with van der Waals surface area (Å²) in [7, 11) is 0. The lowest BCUT2D eigenvalue weighted by Gasteiger charge is -2.06. The largest absolute Gasteiger partial charge is 0.432 e. The quantitative estimate of drug-likeness (QED) is 0.594. The Morgan fingerprint density at radius 3 is 2.86 bits per heavy atom. The first kappa shape index (κ1) is 15.3. The highest BCUT2D eigenvalue weighted by Gasteiger charge is 2.32. The zero-order valence-corrected chi connectivity index (χ0v) is 11.6. The fraction of sp³-hybridized carbons (Fsp3) is 0.273. The summed E-state index contributed by atoms with van der Waals surface area (Å²) in [6.07, 6.45) is -3.83. The summed E-state index contributed by atoms with van der Waals surface area (Å²) in [6.45, 7) is 1.53. The molecule has 10 heteroatoms. The molecular formula is C11H11F3N6S. The van der Waals surface area contributed by atoms with Gasteiger partial charge in [0, 0.05) is 10.6 Å². The summed E-state index contributed by atoms with van der Waals surface area (Å²) in [5.41, 5.74) is 5.52. The molecular weight excluding hydrogens is 305 g/mol. The zero-order valence-electron chi connectivity index (χ0n) is 10.8. The Morgan fingerprint density at radius 2 is 2.19 bits per heavy atom. The van der Waals surface area contributed by atoms with Crippen molar-refractivity contribution in [3.8, 4) is 0 Å². The number of aromatic amines is 1. The van der Waals surface area contributed by atoms with Crippen molar-refractivity contribution in [2.75, 3.05) is 11.5 Å². The van der Waals surface area contributed by atoms with Gasteiger partial charge in [-0.25, -0.2) is 4.98 Å². The second-order valence-corrected chi connectivity index (χ2v) is 5.25. The highest BCUT2D eigenvalue weighted by Crippen LogP contribution is 2.28.